The van der Waals surface area contributed by atoms with Gasteiger partial charge in [0, 0.05) is 35.0 Å². The van der Waals surface area contributed by atoms with Gasteiger partial charge in [-0.05, 0) is 57.7 Å². The van der Waals surface area contributed by atoms with Crippen LogP contribution in [0.1, 0.15) is 66.5 Å². The lowest BCUT2D eigenvalue weighted by atomic mass is 9.79. The maximum Gasteiger partial charge on any atom is 0.197 e. The average molecular weight is 436 g/mol. The number of likely N-dealkylation sites (N-methyl/N-ethyl adjacent to an activating group) is 1. The molecule has 0 bridgehead atoms. The topological polar surface area (TPSA) is 37.4 Å². The van der Waals surface area contributed by atoms with Crippen molar-refractivity contribution in [3.8, 4) is 0 Å². The maximum absolute atomic E-state index is 13.1. The Morgan fingerprint density at radius 1 is 0.818 bits per heavy atom. The molecule has 33 heavy (non-hydrogen) atoms. The van der Waals surface area contributed by atoms with E-state index in [4.69, 9.17) is 0 Å². The first-order valence-electron chi connectivity index (χ1n) is 11.4. The number of nitrogens with zero attached hydrogens (tertiary/aromatic N) is 1. The summed E-state index contributed by atoms with van der Waals surface area (Å²) in [5, 5.41) is 1.94. The van der Waals surface area contributed by atoms with Crippen LogP contribution in [0.25, 0.3) is 10.8 Å². The van der Waals surface area contributed by atoms with Crippen molar-refractivity contribution in [3.05, 3.63) is 100 Å². The Morgan fingerprint density at radius 2 is 1.39 bits per heavy atom. The van der Waals surface area contributed by atoms with Crippen LogP contribution < -0.4 is 4.90 Å². The van der Waals surface area contributed by atoms with Crippen LogP contribution in [-0.2, 0) is 10.8 Å². The lowest BCUT2D eigenvalue weighted by Gasteiger charge is -2.25. The number of ketones is 2. The van der Waals surface area contributed by atoms with Gasteiger partial charge < -0.3 is 4.90 Å². The van der Waals surface area contributed by atoms with Crippen LogP contribution in [-0.4, -0.2) is 18.6 Å². The second-order valence-electron chi connectivity index (χ2n) is 10.7. The minimum atomic E-state index is -0.241. The number of hydrogen-bond donors (Lipinski definition) is 0. The van der Waals surface area contributed by atoms with Gasteiger partial charge in [0.1, 0.15) is 0 Å². The van der Waals surface area contributed by atoms with Crippen LogP contribution in [0.3, 0.4) is 0 Å². The maximum atomic E-state index is 13.1. The van der Waals surface area contributed by atoms with E-state index in [2.05, 4.69) is 64.8 Å². The van der Waals surface area contributed by atoms with E-state index in [-0.39, 0.29) is 28.0 Å². The molecule has 3 aromatic carbocycles. The molecule has 3 aromatic rings. The van der Waals surface area contributed by atoms with E-state index < -0.39 is 0 Å². The number of rotatable bonds is 1. The van der Waals surface area contributed by atoms with Crippen molar-refractivity contribution >= 4 is 28.0 Å². The van der Waals surface area contributed by atoms with Crippen molar-refractivity contribution < 1.29 is 9.59 Å². The zero-order chi connectivity index (χ0) is 23.7. The standard InChI is InChI=1S/C30H29NO2/c1-29(2,3)20-11-13-25-24(17-20)30(4,5)26(31(25)6)14-12-21-27(32)22-15-18-9-7-8-10-19(18)16-23(22)28(21)33/h7-17H,1-6H3/b26-14+. The number of anilines is 1. The molecule has 0 spiro atoms. The zero-order valence-corrected chi connectivity index (χ0v) is 20.1. The molecule has 0 N–H and O–H groups in total. The molecule has 0 atom stereocenters. The minimum absolute atomic E-state index is 0.0656. The highest BCUT2D eigenvalue weighted by Gasteiger charge is 2.39. The fourth-order valence-electron chi connectivity index (χ4n) is 5.13. The Kier molecular flexibility index (Phi) is 4.55. The molecule has 0 aromatic heterocycles. The lowest BCUT2D eigenvalue weighted by molar-refractivity contribution is 0.0988. The van der Waals surface area contributed by atoms with E-state index in [1.165, 1.54) is 11.1 Å². The Balaban J connectivity index is 1.56. The number of fused-ring (bicyclic) bond motifs is 3. The van der Waals surface area contributed by atoms with Gasteiger partial charge in [-0.1, -0.05) is 71.0 Å². The minimum Gasteiger partial charge on any atom is -0.347 e. The molecular weight excluding hydrogens is 406 g/mol. The Bertz CT molecular complexity index is 1360. The third-order valence-corrected chi connectivity index (χ3v) is 7.17. The smallest absolute Gasteiger partial charge is 0.197 e. The largest absolute Gasteiger partial charge is 0.347 e. The van der Waals surface area contributed by atoms with E-state index >= 15 is 0 Å². The number of carbonyl (C=O) groups is 2. The summed E-state index contributed by atoms with van der Waals surface area (Å²) in [5.74, 6) is -0.382. The first-order chi connectivity index (χ1) is 15.5. The Labute approximate surface area is 195 Å². The molecule has 0 fully saturated rings. The van der Waals surface area contributed by atoms with Crippen LogP contribution in [0.2, 0.25) is 0 Å². The van der Waals surface area contributed by atoms with E-state index in [1.807, 2.05) is 42.5 Å². The summed E-state index contributed by atoms with van der Waals surface area (Å²) in [5.41, 5.74) is 5.86. The monoisotopic (exact) mass is 435 g/mol. The van der Waals surface area contributed by atoms with Crippen molar-refractivity contribution in [1.29, 1.82) is 0 Å². The number of Topliss-reactive ketones (excluding diaryl/α,β-unsaturated/α-hetero) is 2. The highest BCUT2D eigenvalue weighted by Crippen LogP contribution is 2.48. The normalized spacial score (nSPS) is 18.3. The van der Waals surface area contributed by atoms with E-state index in [0.29, 0.717) is 11.1 Å². The van der Waals surface area contributed by atoms with Crippen LogP contribution in [0.15, 0.2) is 78.0 Å². The molecule has 3 heteroatoms. The van der Waals surface area contributed by atoms with Crippen molar-refractivity contribution in [2.45, 2.75) is 45.4 Å². The van der Waals surface area contributed by atoms with Gasteiger partial charge >= 0.3 is 0 Å². The fraction of sp³-hybridized carbons (Fsp3) is 0.267. The summed E-state index contributed by atoms with van der Waals surface area (Å²) in [6.07, 6.45) is 3.67. The molecule has 0 saturated heterocycles. The molecule has 166 valence electrons. The molecule has 0 unspecified atom stereocenters. The molecule has 5 rings (SSSR count). The molecular formula is C30H29NO2. The van der Waals surface area contributed by atoms with Gasteiger partial charge in [0.25, 0.3) is 0 Å². The van der Waals surface area contributed by atoms with Gasteiger partial charge in [-0.2, -0.15) is 0 Å². The van der Waals surface area contributed by atoms with Gasteiger partial charge in [-0.3, -0.25) is 9.59 Å². The second-order valence-corrected chi connectivity index (χ2v) is 10.7. The fourth-order valence-corrected chi connectivity index (χ4v) is 5.13. The van der Waals surface area contributed by atoms with Crippen molar-refractivity contribution in [3.63, 3.8) is 0 Å². The molecule has 1 aliphatic carbocycles. The number of allylic oxidation sites excluding steroid dienone is 4. The van der Waals surface area contributed by atoms with Gasteiger partial charge in [0.15, 0.2) is 11.6 Å². The van der Waals surface area contributed by atoms with Gasteiger partial charge in [-0.15, -0.1) is 0 Å². The van der Waals surface area contributed by atoms with Crippen molar-refractivity contribution in [1.82, 2.24) is 0 Å². The van der Waals surface area contributed by atoms with Gasteiger partial charge in [-0.25, -0.2) is 0 Å². The van der Waals surface area contributed by atoms with E-state index in [1.54, 1.807) is 6.08 Å². The summed E-state index contributed by atoms with van der Waals surface area (Å²) in [6, 6.07) is 18.2. The summed E-state index contributed by atoms with van der Waals surface area (Å²) in [4.78, 5) is 28.5. The highest BCUT2D eigenvalue weighted by atomic mass is 16.2. The number of carbonyl (C=O) groups excluding carboxylic acids is 2. The Morgan fingerprint density at radius 3 is 1.94 bits per heavy atom. The van der Waals surface area contributed by atoms with Gasteiger partial charge in [0.2, 0.25) is 0 Å². The van der Waals surface area contributed by atoms with E-state index in [0.717, 1.165) is 22.2 Å². The summed E-state index contributed by atoms with van der Waals surface area (Å²) in [6.45, 7) is 11.1. The summed E-state index contributed by atoms with van der Waals surface area (Å²) in [7, 11) is 2.05. The molecule has 1 heterocycles. The molecule has 0 amide bonds. The predicted octanol–water partition coefficient (Wildman–Crippen LogP) is 6.75. The van der Waals surface area contributed by atoms with Crippen LogP contribution >= 0.6 is 0 Å². The first-order valence-corrected chi connectivity index (χ1v) is 11.4. The number of hydrogen-bond acceptors (Lipinski definition) is 3. The van der Waals surface area contributed by atoms with Crippen molar-refractivity contribution in [2.75, 3.05) is 11.9 Å². The number of benzene rings is 3. The second kappa shape index (κ2) is 7.02. The first kappa shape index (κ1) is 21.4. The zero-order valence-electron chi connectivity index (χ0n) is 20.1. The molecule has 3 nitrogen and oxygen atoms in total. The molecule has 0 radical (unpaired) electrons. The van der Waals surface area contributed by atoms with Crippen LogP contribution in [0.4, 0.5) is 5.69 Å². The van der Waals surface area contributed by atoms with Crippen LogP contribution in [0, 0.1) is 0 Å². The SMILES string of the molecule is CN1/C(=C/C=C2C(=O)c3cc4ccccc4cc3C2=O)C(C)(C)c2cc(C(C)(C)C)ccc21. The quantitative estimate of drug-likeness (QED) is 0.313. The van der Waals surface area contributed by atoms with E-state index in [9.17, 15) is 9.59 Å². The summed E-state index contributed by atoms with van der Waals surface area (Å²) < 4.78 is 0. The third-order valence-electron chi connectivity index (χ3n) is 7.17. The van der Waals surface area contributed by atoms with Crippen LogP contribution in [0.5, 0.6) is 0 Å². The third kappa shape index (κ3) is 3.18. The highest BCUT2D eigenvalue weighted by molar-refractivity contribution is 6.40. The summed E-state index contributed by atoms with van der Waals surface area (Å²) >= 11 is 0. The Hall–Kier alpha value is -3.46. The molecule has 2 aliphatic rings. The molecule has 1 aliphatic heterocycles. The lowest BCUT2D eigenvalue weighted by Crippen LogP contribution is -2.23. The predicted molar refractivity (Wildman–Crippen MR) is 135 cm³/mol. The molecule has 0 saturated carbocycles. The average Bonchev–Trinajstić information content (AvgIpc) is 3.11. The van der Waals surface area contributed by atoms with Gasteiger partial charge in [0.05, 0.1) is 5.57 Å². The van der Waals surface area contributed by atoms with Crippen molar-refractivity contribution in [2.24, 2.45) is 0 Å².